The molecule has 2 rings (SSSR count). The third-order valence-electron chi connectivity index (χ3n) is 3.60. The van der Waals surface area contributed by atoms with Crippen LogP contribution in [0.2, 0.25) is 0 Å². The lowest BCUT2D eigenvalue weighted by molar-refractivity contribution is -0.134. The van der Waals surface area contributed by atoms with E-state index in [2.05, 4.69) is 12.1 Å². The second-order valence-electron chi connectivity index (χ2n) is 4.88. The van der Waals surface area contributed by atoms with Gasteiger partial charge in [-0.1, -0.05) is 30.3 Å². The van der Waals surface area contributed by atoms with E-state index in [1.165, 1.54) is 12.0 Å². The quantitative estimate of drug-likeness (QED) is 0.766. The van der Waals surface area contributed by atoms with Crippen molar-refractivity contribution >= 4 is 17.5 Å². The second kappa shape index (κ2) is 6.79. The van der Waals surface area contributed by atoms with Crippen molar-refractivity contribution in [1.82, 2.24) is 4.90 Å². The van der Waals surface area contributed by atoms with Gasteiger partial charge in [0.05, 0.1) is 0 Å². The van der Waals surface area contributed by atoms with Crippen LogP contribution in [0.25, 0.3) is 0 Å². The third kappa shape index (κ3) is 3.49. The Hall–Kier alpha value is -1.02. The highest BCUT2D eigenvalue weighted by Gasteiger charge is 2.25. The van der Waals surface area contributed by atoms with Crippen LogP contribution in [0.15, 0.2) is 30.3 Å². The van der Waals surface area contributed by atoms with Gasteiger partial charge in [0.1, 0.15) is 0 Å². The van der Waals surface area contributed by atoms with Crippen LogP contribution in [0.5, 0.6) is 0 Å². The zero-order valence-corrected chi connectivity index (χ0v) is 11.4. The molecule has 1 saturated heterocycles. The minimum atomic E-state index is 0.253. The summed E-state index contributed by atoms with van der Waals surface area (Å²) >= 11 is 5.94. The lowest BCUT2D eigenvalue weighted by atomic mass is 10.0. The number of carbonyl (C=O) groups excluding carboxylic acids is 1. The maximum atomic E-state index is 12.2. The molecule has 1 amide bonds. The Morgan fingerprint density at radius 2 is 2.06 bits per heavy atom. The summed E-state index contributed by atoms with van der Waals surface area (Å²) in [6, 6.07) is 10.4. The molecule has 2 nitrogen and oxygen atoms in total. The first kappa shape index (κ1) is 13.4. The maximum absolute atomic E-state index is 12.2. The molecular formula is C15H20ClNO. The molecule has 1 atom stereocenters. The average molecular weight is 266 g/mol. The number of hydrogen-bond acceptors (Lipinski definition) is 1. The summed E-state index contributed by atoms with van der Waals surface area (Å²) in [5, 5.41) is 0. The van der Waals surface area contributed by atoms with Gasteiger partial charge in [0.2, 0.25) is 5.91 Å². The molecule has 1 unspecified atom stereocenters. The van der Waals surface area contributed by atoms with Gasteiger partial charge in [0.25, 0.3) is 0 Å². The van der Waals surface area contributed by atoms with Crippen molar-refractivity contribution in [1.29, 1.82) is 0 Å². The van der Waals surface area contributed by atoms with Crippen molar-refractivity contribution in [2.45, 2.75) is 38.1 Å². The first-order valence-electron chi connectivity index (χ1n) is 6.70. The molecule has 0 N–H and O–H groups in total. The number of hydrogen-bond donors (Lipinski definition) is 0. The first-order chi connectivity index (χ1) is 8.81. The van der Waals surface area contributed by atoms with Crippen LogP contribution in [0.3, 0.4) is 0 Å². The first-order valence-corrected chi connectivity index (χ1v) is 7.24. The van der Waals surface area contributed by atoms with E-state index in [9.17, 15) is 4.79 Å². The fraction of sp³-hybridized carbons (Fsp3) is 0.533. The largest absolute Gasteiger partial charge is 0.339 e. The van der Waals surface area contributed by atoms with E-state index in [0.29, 0.717) is 12.3 Å². The van der Waals surface area contributed by atoms with Crippen LogP contribution in [-0.2, 0) is 11.2 Å². The molecule has 1 aromatic rings. The molecule has 0 aliphatic carbocycles. The van der Waals surface area contributed by atoms with Gasteiger partial charge >= 0.3 is 0 Å². The van der Waals surface area contributed by atoms with Crippen LogP contribution in [0.1, 0.15) is 31.2 Å². The highest BCUT2D eigenvalue weighted by Crippen LogP contribution is 2.19. The van der Waals surface area contributed by atoms with Crippen molar-refractivity contribution < 1.29 is 4.79 Å². The number of halogens is 1. The molecule has 1 aliphatic rings. The average Bonchev–Trinajstić information content (AvgIpc) is 2.45. The second-order valence-corrected chi connectivity index (χ2v) is 5.19. The van der Waals surface area contributed by atoms with Gasteiger partial charge in [-0.25, -0.2) is 0 Å². The Morgan fingerprint density at radius 3 is 2.78 bits per heavy atom. The van der Waals surface area contributed by atoms with Crippen LogP contribution in [0.4, 0.5) is 0 Å². The fourth-order valence-electron chi connectivity index (χ4n) is 2.53. The molecular weight excluding hydrogens is 246 g/mol. The molecule has 1 fully saturated rings. The number of alkyl halides is 1. The molecule has 18 heavy (non-hydrogen) atoms. The van der Waals surface area contributed by atoms with Gasteiger partial charge in [0, 0.05) is 24.9 Å². The Kier molecular flexibility index (Phi) is 5.06. The Balaban J connectivity index is 1.87. The van der Waals surface area contributed by atoms with Crippen molar-refractivity contribution in [3.8, 4) is 0 Å². The number of rotatable bonds is 4. The molecule has 0 saturated carbocycles. The molecule has 0 spiro atoms. The van der Waals surface area contributed by atoms with Crippen molar-refractivity contribution in [2.24, 2.45) is 0 Å². The summed E-state index contributed by atoms with van der Waals surface area (Å²) in [6.07, 6.45) is 4.79. The highest BCUT2D eigenvalue weighted by molar-refractivity contribution is 6.18. The van der Waals surface area contributed by atoms with E-state index >= 15 is 0 Å². The molecule has 3 heteroatoms. The van der Waals surface area contributed by atoms with E-state index in [1.54, 1.807) is 0 Å². The Morgan fingerprint density at radius 1 is 1.28 bits per heavy atom. The number of aryl methyl sites for hydroxylation is 1. The van der Waals surface area contributed by atoms with Gasteiger partial charge in [-0.3, -0.25) is 4.79 Å². The van der Waals surface area contributed by atoms with Gasteiger partial charge < -0.3 is 4.90 Å². The molecule has 1 aromatic carbocycles. The highest BCUT2D eigenvalue weighted by atomic mass is 35.5. The number of amides is 1. The van der Waals surface area contributed by atoms with E-state index < -0.39 is 0 Å². The summed E-state index contributed by atoms with van der Waals surface area (Å²) in [6.45, 7) is 0.880. The summed E-state index contributed by atoms with van der Waals surface area (Å²) in [5.74, 6) is 0.820. The third-order valence-corrected chi connectivity index (χ3v) is 3.95. The molecule has 1 aliphatic heterocycles. The summed E-state index contributed by atoms with van der Waals surface area (Å²) < 4.78 is 0. The Labute approximate surface area is 114 Å². The predicted molar refractivity (Wildman–Crippen MR) is 74.8 cm³/mol. The number of benzene rings is 1. The molecule has 98 valence electrons. The molecule has 1 heterocycles. The van der Waals surface area contributed by atoms with E-state index in [0.717, 1.165) is 25.8 Å². The van der Waals surface area contributed by atoms with Gasteiger partial charge in [0.15, 0.2) is 0 Å². The van der Waals surface area contributed by atoms with Crippen molar-refractivity contribution in [3.05, 3.63) is 35.9 Å². The van der Waals surface area contributed by atoms with E-state index in [4.69, 9.17) is 11.6 Å². The van der Waals surface area contributed by atoms with E-state index in [-0.39, 0.29) is 11.9 Å². The van der Waals surface area contributed by atoms with Crippen LogP contribution in [-0.4, -0.2) is 29.3 Å². The lowest BCUT2D eigenvalue weighted by Crippen LogP contribution is -2.44. The number of piperidine rings is 1. The van der Waals surface area contributed by atoms with Gasteiger partial charge in [-0.2, -0.15) is 0 Å². The summed E-state index contributed by atoms with van der Waals surface area (Å²) in [4.78, 5) is 14.2. The monoisotopic (exact) mass is 265 g/mol. The van der Waals surface area contributed by atoms with Gasteiger partial charge in [-0.05, 0) is 31.2 Å². The lowest BCUT2D eigenvalue weighted by Gasteiger charge is -2.34. The van der Waals surface area contributed by atoms with E-state index in [1.807, 2.05) is 23.1 Å². The van der Waals surface area contributed by atoms with Crippen molar-refractivity contribution in [3.63, 3.8) is 0 Å². The summed E-state index contributed by atoms with van der Waals surface area (Å²) in [5.41, 5.74) is 1.23. The topological polar surface area (TPSA) is 20.3 Å². The van der Waals surface area contributed by atoms with Crippen LogP contribution >= 0.6 is 11.6 Å². The Bertz CT molecular complexity index is 379. The molecule has 0 bridgehead atoms. The SMILES string of the molecule is O=C(CCc1ccccc1)N1CCCCC1CCl. The predicted octanol–water partition coefficient (Wildman–Crippen LogP) is 3.24. The molecule has 0 radical (unpaired) electrons. The zero-order chi connectivity index (χ0) is 12.8. The van der Waals surface area contributed by atoms with Gasteiger partial charge in [-0.15, -0.1) is 11.6 Å². The normalized spacial score (nSPS) is 19.8. The standard InChI is InChI=1S/C15H20ClNO/c16-12-14-8-4-5-11-17(14)15(18)10-9-13-6-2-1-3-7-13/h1-3,6-7,14H,4-5,8-12H2. The van der Waals surface area contributed by atoms with Crippen LogP contribution < -0.4 is 0 Å². The molecule has 0 aromatic heterocycles. The minimum Gasteiger partial charge on any atom is -0.339 e. The minimum absolute atomic E-state index is 0.253. The maximum Gasteiger partial charge on any atom is 0.223 e. The number of likely N-dealkylation sites (tertiary alicyclic amines) is 1. The zero-order valence-electron chi connectivity index (χ0n) is 10.6. The number of carbonyl (C=O) groups is 1. The summed E-state index contributed by atoms with van der Waals surface area (Å²) in [7, 11) is 0. The number of nitrogens with zero attached hydrogens (tertiary/aromatic N) is 1. The smallest absolute Gasteiger partial charge is 0.223 e. The van der Waals surface area contributed by atoms with Crippen molar-refractivity contribution in [2.75, 3.05) is 12.4 Å². The fourth-order valence-corrected chi connectivity index (χ4v) is 2.85. The van der Waals surface area contributed by atoms with Crippen LogP contribution in [0, 0.1) is 0 Å².